The highest BCUT2D eigenvalue weighted by Crippen LogP contribution is 2.11. The molecule has 0 heterocycles. The van der Waals surface area contributed by atoms with Crippen molar-refractivity contribution in [1.82, 2.24) is 16.0 Å². The van der Waals surface area contributed by atoms with Gasteiger partial charge in [0.05, 0.1) is 0 Å². The number of aliphatic imine (C=N–C) groups is 1. The molecule has 0 unspecified atom stereocenters. The summed E-state index contributed by atoms with van der Waals surface area (Å²) in [5.74, 6) is 0.633. The standard InChI is InChI=1S/C20H33N5O3/c1-6-8-17(26)25-16-10-7-9-15(13-16)14-24-18(21-5)22-11-12-23-19(27)28-20(2,3)4/h7,9-10,13H,6,8,11-12,14H2,1-5H3,(H,23,27)(H,25,26)(H2,21,22,24). The zero-order chi connectivity index (χ0) is 21.0. The largest absolute Gasteiger partial charge is 0.444 e. The highest BCUT2D eigenvalue weighted by Gasteiger charge is 2.15. The number of anilines is 1. The van der Waals surface area contributed by atoms with E-state index < -0.39 is 11.7 Å². The molecule has 0 bridgehead atoms. The summed E-state index contributed by atoms with van der Waals surface area (Å²) in [4.78, 5) is 27.5. The molecule has 28 heavy (non-hydrogen) atoms. The van der Waals surface area contributed by atoms with Crippen LogP contribution in [0.3, 0.4) is 0 Å². The van der Waals surface area contributed by atoms with Gasteiger partial charge in [0.15, 0.2) is 5.96 Å². The molecule has 0 saturated carbocycles. The summed E-state index contributed by atoms with van der Waals surface area (Å²) in [5, 5.41) is 11.9. The SMILES string of the molecule is CCCC(=O)Nc1cccc(CNC(=NC)NCCNC(=O)OC(C)(C)C)c1. The van der Waals surface area contributed by atoms with Gasteiger partial charge in [0.1, 0.15) is 5.60 Å². The molecule has 0 spiro atoms. The first kappa shape index (κ1) is 23.3. The highest BCUT2D eigenvalue weighted by atomic mass is 16.6. The van der Waals surface area contributed by atoms with Gasteiger partial charge in [0, 0.05) is 38.8 Å². The van der Waals surface area contributed by atoms with Crippen molar-refractivity contribution >= 4 is 23.6 Å². The third-order valence-electron chi connectivity index (χ3n) is 3.46. The monoisotopic (exact) mass is 391 g/mol. The zero-order valence-electron chi connectivity index (χ0n) is 17.5. The Labute approximate surface area is 167 Å². The van der Waals surface area contributed by atoms with Crippen molar-refractivity contribution in [2.75, 3.05) is 25.5 Å². The van der Waals surface area contributed by atoms with Crippen LogP contribution < -0.4 is 21.3 Å². The van der Waals surface area contributed by atoms with E-state index in [-0.39, 0.29) is 5.91 Å². The van der Waals surface area contributed by atoms with E-state index in [1.807, 2.05) is 52.0 Å². The fourth-order valence-corrected chi connectivity index (χ4v) is 2.28. The maximum absolute atomic E-state index is 11.7. The maximum atomic E-state index is 11.7. The van der Waals surface area contributed by atoms with Crippen LogP contribution in [0.1, 0.15) is 46.1 Å². The number of guanidine groups is 1. The first-order valence-corrected chi connectivity index (χ1v) is 9.53. The Morgan fingerprint density at radius 3 is 2.46 bits per heavy atom. The van der Waals surface area contributed by atoms with Gasteiger partial charge in [-0.25, -0.2) is 4.79 Å². The number of hydrogen-bond acceptors (Lipinski definition) is 4. The van der Waals surface area contributed by atoms with E-state index in [2.05, 4.69) is 26.3 Å². The second kappa shape index (κ2) is 11.8. The van der Waals surface area contributed by atoms with Crippen LogP contribution in [0.25, 0.3) is 0 Å². The van der Waals surface area contributed by atoms with Crippen molar-refractivity contribution in [2.45, 2.75) is 52.7 Å². The van der Waals surface area contributed by atoms with Gasteiger partial charge in [-0.05, 0) is 44.9 Å². The summed E-state index contributed by atoms with van der Waals surface area (Å²) < 4.78 is 5.18. The van der Waals surface area contributed by atoms with E-state index in [9.17, 15) is 9.59 Å². The minimum atomic E-state index is -0.514. The molecule has 156 valence electrons. The second-order valence-corrected chi connectivity index (χ2v) is 7.28. The van der Waals surface area contributed by atoms with Crippen molar-refractivity contribution in [2.24, 2.45) is 4.99 Å². The fraction of sp³-hybridized carbons (Fsp3) is 0.550. The molecular formula is C20H33N5O3. The molecule has 0 saturated heterocycles. The summed E-state index contributed by atoms with van der Waals surface area (Å²) in [6.07, 6.45) is 0.882. The average molecular weight is 392 g/mol. The van der Waals surface area contributed by atoms with E-state index >= 15 is 0 Å². The summed E-state index contributed by atoms with van der Waals surface area (Å²) in [6, 6.07) is 7.67. The van der Waals surface area contributed by atoms with Crippen molar-refractivity contribution in [1.29, 1.82) is 0 Å². The minimum absolute atomic E-state index is 0.0163. The zero-order valence-corrected chi connectivity index (χ0v) is 17.5. The van der Waals surface area contributed by atoms with Crippen molar-refractivity contribution in [3.05, 3.63) is 29.8 Å². The Bertz CT molecular complexity index is 668. The van der Waals surface area contributed by atoms with E-state index in [0.29, 0.717) is 32.0 Å². The predicted molar refractivity (Wildman–Crippen MR) is 112 cm³/mol. The number of nitrogens with zero attached hydrogens (tertiary/aromatic N) is 1. The van der Waals surface area contributed by atoms with Gasteiger partial charge >= 0.3 is 6.09 Å². The van der Waals surface area contributed by atoms with Crippen LogP contribution in [-0.4, -0.2) is 43.7 Å². The van der Waals surface area contributed by atoms with E-state index in [4.69, 9.17) is 4.74 Å². The second-order valence-electron chi connectivity index (χ2n) is 7.28. The summed E-state index contributed by atoms with van der Waals surface area (Å²) in [7, 11) is 1.68. The molecule has 1 aromatic carbocycles. The Morgan fingerprint density at radius 2 is 1.82 bits per heavy atom. The summed E-state index contributed by atoms with van der Waals surface area (Å²) >= 11 is 0. The molecule has 0 aromatic heterocycles. The normalized spacial score (nSPS) is 11.5. The lowest BCUT2D eigenvalue weighted by molar-refractivity contribution is -0.116. The highest BCUT2D eigenvalue weighted by molar-refractivity contribution is 5.90. The van der Waals surface area contributed by atoms with Crippen LogP contribution in [0.2, 0.25) is 0 Å². The lowest BCUT2D eigenvalue weighted by Crippen LogP contribution is -2.42. The number of rotatable bonds is 8. The van der Waals surface area contributed by atoms with Gasteiger partial charge in [-0.3, -0.25) is 9.79 Å². The van der Waals surface area contributed by atoms with Crippen LogP contribution in [0, 0.1) is 0 Å². The third kappa shape index (κ3) is 10.4. The van der Waals surface area contributed by atoms with Crippen molar-refractivity contribution < 1.29 is 14.3 Å². The number of carbonyl (C=O) groups excluding carboxylic acids is 2. The van der Waals surface area contributed by atoms with E-state index in [1.165, 1.54) is 0 Å². The first-order valence-electron chi connectivity index (χ1n) is 9.53. The number of ether oxygens (including phenoxy) is 1. The topological polar surface area (TPSA) is 104 Å². The van der Waals surface area contributed by atoms with E-state index in [1.54, 1.807) is 7.05 Å². The fourth-order valence-electron chi connectivity index (χ4n) is 2.28. The van der Waals surface area contributed by atoms with Gasteiger partial charge in [-0.1, -0.05) is 19.1 Å². The summed E-state index contributed by atoms with van der Waals surface area (Å²) in [5.41, 5.74) is 1.28. The Kier molecular flexibility index (Phi) is 9.84. The van der Waals surface area contributed by atoms with Crippen molar-refractivity contribution in [3.63, 3.8) is 0 Å². The maximum Gasteiger partial charge on any atom is 0.407 e. The predicted octanol–water partition coefficient (Wildman–Crippen LogP) is 2.61. The Morgan fingerprint density at radius 1 is 1.11 bits per heavy atom. The molecular weight excluding hydrogens is 358 g/mol. The molecule has 0 radical (unpaired) electrons. The smallest absolute Gasteiger partial charge is 0.407 e. The molecule has 0 fully saturated rings. The van der Waals surface area contributed by atoms with Gasteiger partial charge < -0.3 is 26.0 Å². The van der Waals surface area contributed by atoms with Gasteiger partial charge in [-0.2, -0.15) is 0 Å². The molecule has 0 atom stereocenters. The number of hydrogen-bond donors (Lipinski definition) is 4. The van der Waals surface area contributed by atoms with Crippen LogP contribution in [0.5, 0.6) is 0 Å². The van der Waals surface area contributed by atoms with Crippen LogP contribution in [0.15, 0.2) is 29.3 Å². The minimum Gasteiger partial charge on any atom is -0.444 e. The lowest BCUT2D eigenvalue weighted by Gasteiger charge is -2.20. The van der Waals surface area contributed by atoms with Crippen LogP contribution in [0.4, 0.5) is 10.5 Å². The van der Waals surface area contributed by atoms with Gasteiger partial charge in [0.2, 0.25) is 5.91 Å². The Hall–Kier alpha value is -2.77. The quantitative estimate of drug-likeness (QED) is 0.310. The van der Waals surface area contributed by atoms with Crippen molar-refractivity contribution in [3.8, 4) is 0 Å². The first-order chi connectivity index (χ1) is 13.2. The Balaban J connectivity index is 2.38. The summed E-state index contributed by atoms with van der Waals surface area (Å²) in [6.45, 7) is 8.90. The molecule has 0 aliphatic rings. The molecule has 8 nitrogen and oxygen atoms in total. The molecule has 1 rings (SSSR count). The molecule has 2 amide bonds. The number of benzene rings is 1. The lowest BCUT2D eigenvalue weighted by atomic mass is 10.2. The average Bonchev–Trinajstić information content (AvgIpc) is 2.60. The van der Waals surface area contributed by atoms with Crippen LogP contribution >= 0.6 is 0 Å². The van der Waals surface area contributed by atoms with Gasteiger partial charge in [-0.15, -0.1) is 0 Å². The number of carbonyl (C=O) groups is 2. The van der Waals surface area contributed by atoms with E-state index in [0.717, 1.165) is 17.7 Å². The molecule has 1 aromatic rings. The molecule has 8 heteroatoms. The molecule has 0 aliphatic carbocycles. The van der Waals surface area contributed by atoms with Gasteiger partial charge in [0.25, 0.3) is 0 Å². The third-order valence-corrected chi connectivity index (χ3v) is 3.46. The molecule has 4 N–H and O–H groups in total. The number of nitrogens with one attached hydrogen (secondary N) is 4. The van der Waals surface area contributed by atoms with Crippen LogP contribution in [-0.2, 0) is 16.1 Å². The number of amides is 2. The number of alkyl carbamates (subject to hydrolysis) is 1. The molecule has 0 aliphatic heterocycles.